The molecule has 0 saturated carbocycles. The molecule has 1 heterocycles. The Morgan fingerprint density at radius 1 is 1.03 bits per heavy atom. The predicted octanol–water partition coefficient (Wildman–Crippen LogP) is 4.83. The highest BCUT2D eigenvalue weighted by Crippen LogP contribution is 2.16. The Hall–Kier alpha value is -3.34. The van der Waals surface area contributed by atoms with Crippen LogP contribution in [0, 0.1) is 0 Å². The van der Waals surface area contributed by atoms with E-state index in [1.54, 1.807) is 12.4 Å². The van der Waals surface area contributed by atoms with Crippen LogP contribution in [0.1, 0.15) is 41.3 Å². The molecule has 30 heavy (non-hydrogen) atoms. The van der Waals surface area contributed by atoms with Crippen molar-refractivity contribution in [1.82, 2.24) is 10.3 Å². The molecular formula is C25H29N3O2. The van der Waals surface area contributed by atoms with Gasteiger partial charge in [-0.3, -0.25) is 9.78 Å². The first-order valence-corrected chi connectivity index (χ1v) is 10.4. The summed E-state index contributed by atoms with van der Waals surface area (Å²) in [6.07, 6.45) is 5.86. The third-order valence-corrected chi connectivity index (χ3v) is 4.92. The van der Waals surface area contributed by atoms with Gasteiger partial charge < -0.3 is 15.0 Å². The Morgan fingerprint density at radius 3 is 2.47 bits per heavy atom. The topological polar surface area (TPSA) is 54.5 Å². The zero-order valence-corrected chi connectivity index (χ0v) is 17.7. The molecule has 0 aliphatic heterocycles. The quantitative estimate of drug-likeness (QED) is 0.527. The number of amides is 1. The maximum atomic E-state index is 12.4. The molecule has 0 unspecified atom stereocenters. The lowest BCUT2D eigenvalue weighted by Gasteiger charge is -2.19. The Balaban J connectivity index is 1.47. The number of hydrogen-bond acceptors (Lipinski definition) is 4. The number of carbonyl (C=O) groups excluding carboxylic acids is 1. The molecule has 1 amide bonds. The van der Waals surface area contributed by atoms with Crippen molar-refractivity contribution < 1.29 is 9.53 Å². The van der Waals surface area contributed by atoms with Crippen LogP contribution in [0.4, 0.5) is 5.69 Å². The number of ether oxygens (including phenoxy) is 1. The summed E-state index contributed by atoms with van der Waals surface area (Å²) < 4.78 is 5.77. The fraction of sp³-hybridized carbons (Fsp3) is 0.280. The number of carbonyl (C=O) groups is 1. The molecule has 0 atom stereocenters. The van der Waals surface area contributed by atoms with Gasteiger partial charge in [-0.2, -0.15) is 0 Å². The zero-order chi connectivity index (χ0) is 21.2. The third-order valence-electron chi connectivity index (χ3n) is 4.92. The molecule has 5 heteroatoms. The molecule has 5 nitrogen and oxygen atoms in total. The van der Waals surface area contributed by atoms with Crippen LogP contribution in [0.15, 0.2) is 73.1 Å². The van der Waals surface area contributed by atoms with Crippen molar-refractivity contribution in [1.29, 1.82) is 0 Å². The number of nitrogens with one attached hydrogen (secondary N) is 1. The fourth-order valence-electron chi connectivity index (χ4n) is 3.03. The second kappa shape index (κ2) is 11.0. The lowest BCUT2D eigenvalue weighted by Crippen LogP contribution is -2.23. The molecular weight excluding hydrogens is 374 g/mol. The maximum Gasteiger partial charge on any atom is 0.251 e. The normalized spacial score (nSPS) is 10.5. The molecule has 0 radical (unpaired) electrons. The van der Waals surface area contributed by atoms with Crippen LogP contribution in [-0.2, 0) is 13.2 Å². The van der Waals surface area contributed by atoms with Crippen molar-refractivity contribution in [2.24, 2.45) is 0 Å². The van der Waals surface area contributed by atoms with Crippen LogP contribution < -0.4 is 15.0 Å². The standard InChI is InChI=1S/C25H29N3O2/c1-3-4-16-28(2)23-11-9-22(10-12-23)25(29)27-18-20-7-13-24(14-8-20)30-19-21-6-5-15-26-17-21/h5-15,17H,3-4,16,18-19H2,1-2H3,(H,27,29). The second-order valence-electron chi connectivity index (χ2n) is 7.30. The first-order valence-electron chi connectivity index (χ1n) is 10.4. The lowest BCUT2D eigenvalue weighted by atomic mass is 10.1. The van der Waals surface area contributed by atoms with E-state index in [4.69, 9.17) is 4.74 Å². The second-order valence-corrected chi connectivity index (χ2v) is 7.30. The molecule has 0 aliphatic carbocycles. The molecule has 3 rings (SSSR count). The number of anilines is 1. The van der Waals surface area contributed by atoms with E-state index in [-0.39, 0.29) is 5.91 Å². The van der Waals surface area contributed by atoms with Crippen molar-refractivity contribution in [3.05, 3.63) is 89.7 Å². The van der Waals surface area contributed by atoms with Crippen molar-refractivity contribution in [2.45, 2.75) is 32.9 Å². The van der Waals surface area contributed by atoms with E-state index < -0.39 is 0 Å². The molecule has 0 saturated heterocycles. The van der Waals surface area contributed by atoms with Gasteiger partial charge >= 0.3 is 0 Å². The summed E-state index contributed by atoms with van der Waals surface area (Å²) in [6, 6.07) is 19.4. The first kappa shape index (κ1) is 21.4. The summed E-state index contributed by atoms with van der Waals surface area (Å²) in [5.74, 6) is 0.714. The van der Waals surface area contributed by atoms with E-state index in [2.05, 4.69) is 29.2 Å². The van der Waals surface area contributed by atoms with Gasteiger partial charge in [-0.1, -0.05) is 31.5 Å². The minimum atomic E-state index is -0.0744. The van der Waals surface area contributed by atoms with Crippen molar-refractivity contribution >= 4 is 11.6 Å². The van der Waals surface area contributed by atoms with E-state index >= 15 is 0 Å². The van der Waals surface area contributed by atoms with E-state index in [9.17, 15) is 4.79 Å². The highest BCUT2D eigenvalue weighted by molar-refractivity contribution is 5.94. The van der Waals surface area contributed by atoms with Crippen molar-refractivity contribution in [2.75, 3.05) is 18.5 Å². The third kappa shape index (κ3) is 6.34. The summed E-state index contributed by atoms with van der Waals surface area (Å²) in [5, 5.41) is 2.97. The molecule has 1 aromatic heterocycles. The molecule has 0 bridgehead atoms. The Kier molecular flexibility index (Phi) is 7.84. The number of nitrogens with zero attached hydrogens (tertiary/aromatic N) is 2. The van der Waals surface area contributed by atoms with Crippen LogP contribution in [0.2, 0.25) is 0 Å². The van der Waals surface area contributed by atoms with Gasteiger partial charge in [-0.25, -0.2) is 0 Å². The smallest absolute Gasteiger partial charge is 0.251 e. The summed E-state index contributed by atoms with van der Waals surface area (Å²) in [7, 11) is 2.08. The van der Waals surface area contributed by atoms with E-state index in [0.29, 0.717) is 18.7 Å². The molecule has 3 aromatic rings. The number of rotatable bonds is 10. The molecule has 1 N–H and O–H groups in total. The minimum absolute atomic E-state index is 0.0744. The van der Waals surface area contributed by atoms with Gasteiger partial charge in [-0.15, -0.1) is 0 Å². The molecule has 0 spiro atoms. The van der Waals surface area contributed by atoms with E-state index in [1.165, 1.54) is 6.42 Å². The van der Waals surface area contributed by atoms with Gasteiger partial charge in [0.2, 0.25) is 0 Å². The van der Waals surface area contributed by atoms with Gasteiger partial charge in [0.15, 0.2) is 0 Å². The van der Waals surface area contributed by atoms with Crippen LogP contribution in [0.25, 0.3) is 0 Å². The van der Waals surface area contributed by atoms with Gasteiger partial charge in [0.1, 0.15) is 12.4 Å². The average molecular weight is 404 g/mol. The van der Waals surface area contributed by atoms with Gasteiger partial charge in [0, 0.05) is 49.3 Å². The zero-order valence-electron chi connectivity index (χ0n) is 17.7. The molecule has 0 fully saturated rings. The highest BCUT2D eigenvalue weighted by atomic mass is 16.5. The predicted molar refractivity (Wildman–Crippen MR) is 121 cm³/mol. The van der Waals surface area contributed by atoms with Crippen molar-refractivity contribution in [3.63, 3.8) is 0 Å². The van der Waals surface area contributed by atoms with Crippen LogP contribution in [0.3, 0.4) is 0 Å². The summed E-state index contributed by atoms with van der Waals surface area (Å²) in [5.41, 5.74) is 3.84. The number of benzene rings is 2. The summed E-state index contributed by atoms with van der Waals surface area (Å²) >= 11 is 0. The Bertz CT molecular complexity index is 909. The number of pyridine rings is 1. The molecule has 0 aliphatic rings. The Morgan fingerprint density at radius 2 is 1.80 bits per heavy atom. The largest absolute Gasteiger partial charge is 0.489 e. The minimum Gasteiger partial charge on any atom is -0.489 e. The average Bonchev–Trinajstić information content (AvgIpc) is 2.81. The van der Waals surface area contributed by atoms with Crippen LogP contribution >= 0.6 is 0 Å². The molecule has 156 valence electrons. The van der Waals surface area contributed by atoms with Crippen molar-refractivity contribution in [3.8, 4) is 5.75 Å². The number of aromatic nitrogens is 1. The van der Waals surface area contributed by atoms with Gasteiger partial charge in [-0.05, 0) is 54.4 Å². The summed E-state index contributed by atoms with van der Waals surface area (Å²) in [4.78, 5) is 18.7. The Labute approximate surface area is 178 Å². The van der Waals surface area contributed by atoms with E-state index in [1.807, 2.05) is 60.7 Å². The number of hydrogen-bond donors (Lipinski definition) is 1. The van der Waals surface area contributed by atoms with Gasteiger partial charge in [0.05, 0.1) is 0 Å². The first-order chi connectivity index (χ1) is 14.7. The SMILES string of the molecule is CCCCN(C)c1ccc(C(=O)NCc2ccc(OCc3cccnc3)cc2)cc1. The summed E-state index contributed by atoms with van der Waals surface area (Å²) in [6.45, 7) is 4.15. The van der Waals surface area contributed by atoms with Crippen LogP contribution in [0.5, 0.6) is 5.75 Å². The fourth-order valence-corrected chi connectivity index (χ4v) is 3.03. The van der Waals surface area contributed by atoms with E-state index in [0.717, 1.165) is 35.5 Å². The van der Waals surface area contributed by atoms with Gasteiger partial charge in [0.25, 0.3) is 5.91 Å². The van der Waals surface area contributed by atoms with Crippen LogP contribution in [-0.4, -0.2) is 24.5 Å². The molecule has 2 aromatic carbocycles. The highest BCUT2D eigenvalue weighted by Gasteiger charge is 2.07. The number of unbranched alkanes of at least 4 members (excludes halogenated alkanes) is 1. The monoisotopic (exact) mass is 403 g/mol. The lowest BCUT2D eigenvalue weighted by molar-refractivity contribution is 0.0951. The maximum absolute atomic E-state index is 12.4.